The summed E-state index contributed by atoms with van der Waals surface area (Å²) in [5, 5.41) is 58.9. The molecule has 19 heavy (non-hydrogen) atoms. The Hall–Kier alpha value is -2.26. The van der Waals surface area contributed by atoms with Crippen molar-refractivity contribution < 1.29 is 30.1 Å². The first-order valence-corrected chi connectivity index (χ1v) is 3.94. The van der Waals surface area contributed by atoms with Crippen molar-refractivity contribution in [1.82, 2.24) is 0 Å². The van der Waals surface area contributed by atoms with E-state index in [9.17, 15) is 45.7 Å². The summed E-state index contributed by atoms with van der Waals surface area (Å²) in [6.45, 7) is 0. The molecule has 0 heterocycles. The third-order valence-electron chi connectivity index (χ3n) is 1.89. The third kappa shape index (κ3) is 2.61. The molecule has 3 N–H and O–H groups in total. The summed E-state index contributed by atoms with van der Waals surface area (Å²) in [5.74, 6) is -5.03. The zero-order chi connectivity index (χ0) is 14.2. The fourth-order valence-corrected chi connectivity index (χ4v) is 1.19. The van der Waals surface area contributed by atoms with Gasteiger partial charge in [0.05, 0.1) is 14.8 Å². The molecular formula is C6H3N3O9Pb. The summed E-state index contributed by atoms with van der Waals surface area (Å²) in [4.78, 5) is 27.0. The van der Waals surface area contributed by atoms with Gasteiger partial charge in [-0.3, -0.25) is 30.3 Å². The third-order valence-corrected chi connectivity index (χ3v) is 1.89. The Bertz CT molecular complexity index is 484. The van der Waals surface area contributed by atoms with Crippen LogP contribution in [0.3, 0.4) is 0 Å². The molecular weight excluding hydrogens is 465 g/mol. The molecule has 0 aromatic heterocycles. The van der Waals surface area contributed by atoms with Crippen LogP contribution in [0, 0.1) is 30.3 Å². The summed E-state index contributed by atoms with van der Waals surface area (Å²) in [6, 6.07) is 0. The van der Waals surface area contributed by atoms with Crippen molar-refractivity contribution in [1.29, 1.82) is 0 Å². The van der Waals surface area contributed by atoms with E-state index < -0.39 is 49.1 Å². The summed E-state index contributed by atoms with van der Waals surface area (Å²) < 4.78 is 0. The van der Waals surface area contributed by atoms with Crippen molar-refractivity contribution in [3.8, 4) is 17.2 Å². The molecule has 0 unspecified atom stereocenters. The number of hydrogen-bond donors (Lipinski definition) is 3. The molecule has 0 amide bonds. The molecule has 0 aliphatic carbocycles. The molecule has 0 saturated carbocycles. The van der Waals surface area contributed by atoms with Gasteiger partial charge in [-0.05, 0) is 0 Å². The fourth-order valence-electron chi connectivity index (χ4n) is 1.19. The summed E-state index contributed by atoms with van der Waals surface area (Å²) in [7, 11) is 0. The Balaban J connectivity index is 0.00000324. The molecule has 100 valence electrons. The number of benzene rings is 1. The van der Waals surface area contributed by atoms with Gasteiger partial charge >= 0.3 is 17.1 Å². The van der Waals surface area contributed by atoms with Crippen LogP contribution in [0.15, 0.2) is 0 Å². The Labute approximate surface area is 122 Å². The molecule has 1 rings (SSSR count). The second-order valence-corrected chi connectivity index (χ2v) is 2.86. The van der Waals surface area contributed by atoms with E-state index in [1.807, 2.05) is 0 Å². The minimum absolute atomic E-state index is 0. The van der Waals surface area contributed by atoms with Crippen LogP contribution in [-0.4, -0.2) is 57.4 Å². The number of nitrogens with zero attached hydrogens (tertiary/aromatic N) is 3. The van der Waals surface area contributed by atoms with Crippen molar-refractivity contribution in [3.05, 3.63) is 30.3 Å². The van der Waals surface area contributed by atoms with Crippen LogP contribution in [0.4, 0.5) is 17.1 Å². The predicted octanol–water partition coefficient (Wildman–Crippen LogP) is 0.147. The van der Waals surface area contributed by atoms with Crippen LogP contribution in [0.25, 0.3) is 0 Å². The number of nitro benzene ring substituents is 3. The molecule has 1 aromatic carbocycles. The van der Waals surface area contributed by atoms with Gasteiger partial charge in [0, 0.05) is 27.3 Å². The van der Waals surface area contributed by atoms with Gasteiger partial charge < -0.3 is 15.3 Å². The number of hydrogen-bond acceptors (Lipinski definition) is 9. The van der Waals surface area contributed by atoms with Gasteiger partial charge in [0.25, 0.3) is 17.2 Å². The average Bonchev–Trinajstić information content (AvgIpc) is 2.14. The van der Waals surface area contributed by atoms with Crippen LogP contribution < -0.4 is 0 Å². The van der Waals surface area contributed by atoms with E-state index in [1.165, 1.54) is 0 Å². The Morgan fingerprint density at radius 3 is 0.895 bits per heavy atom. The maximum absolute atomic E-state index is 10.5. The molecule has 0 bridgehead atoms. The number of nitro groups is 3. The van der Waals surface area contributed by atoms with Crippen LogP contribution in [0.2, 0.25) is 0 Å². The van der Waals surface area contributed by atoms with Crippen molar-refractivity contribution in [2.45, 2.75) is 0 Å². The molecule has 0 spiro atoms. The maximum Gasteiger partial charge on any atom is 0.366 e. The first-order chi connectivity index (χ1) is 8.20. The molecule has 4 radical (unpaired) electrons. The normalized spacial score (nSPS) is 9.47. The van der Waals surface area contributed by atoms with E-state index in [2.05, 4.69) is 0 Å². The first-order valence-electron chi connectivity index (χ1n) is 3.94. The summed E-state index contributed by atoms with van der Waals surface area (Å²) in [6.07, 6.45) is 0. The monoisotopic (exact) mass is 469 g/mol. The number of phenolic OH excluding ortho intramolecular Hbond substituents is 3. The van der Waals surface area contributed by atoms with Crippen molar-refractivity contribution >= 4 is 44.4 Å². The van der Waals surface area contributed by atoms with E-state index in [1.54, 1.807) is 0 Å². The van der Waals surface area contributed by atoms with Gasteiger partial charge in [-0.25, -0.2) is 0 Å². The Kier molecular flexibility index (Phi) is 4.92. The van der Waals surface area contributed by atoms with Crippen molar-refractivity contribution in [2.75, 3.05) is 0 Å². The van der Waals surface area contributed by atoms with Gasteiger partial charge in [0.2, 0.25) is 0 Å². The van der Waals surface area contributed by atoms with E-state index >= 15 is 0 Å². The van der Waals surface area contributed by atoms with E-state index in [0.717, 1.165) is 0 Å². The molecule has 0 fully saturated rings. The summed E-state index contributed by atoms with van der Waals surface area (Å²) >= 11 is 0. The molecule has 13 heteroatoms. The summed E-state index contributed by atoms with van der Waals surface area (Å²) in [5.41, 5.74) is -4.90. The minimum Gasteiger partial charge on any atom is -0.497 e. The second-order valence-electron chi connectivity index (χ2n) is 2.86. The average molecular weight is 468 g/mol. The van der Waals surface area contributed by atoms with Crippen molar-refractivity contribution in [2.24, 2.45) is 0 Å². The topological polar surface area (TPSA) is 190 Å². The fraction of sp³-hybridized carbons (Fsp3) is 0. The second kappa shape index (κ2) is 5.59. The quantitative estimate of drug-likeness (QED) is 0.315. The first kappa shape index (κ1) is 16.7. The molecule has 12 nitrogen and oxygen atoms in total. The smallest absolute Gasteiger partial charge is 0.366 e. The number of aromatic hydroxyl groups is 3. The van der Waals surface area contributed by atoms with Gasteiger partial charge in [-0.1, -0.05) is 0 Å². The van der Waals surface area contributed by atoms with Gasteiger partial charge in [0.15, 0.2) is 0 Å². The van der Waals surface area contributed by atoms with Crippen LogP contribution in [0.5, 0.6) is 17.2 Å². The van der Waals surface area contributed by atoms with Gasteiger partial charge in [0.1, 0.15) is 0 Å². The molecule has 0 aliphatic rings. The van der Waals surface area contributed by atoms with E-state index in [0.29, 0.717) is 0 Å². The van der Waals surface area contributed by atoms with Crippen molar-refractivity contribution in [3.63, 3.8) is 0 Å². The zero-order valence-electron chi connectivity index (χ0n) is 8.63. The molecule has 1 aromatic rings. The molecule has 0 atom stereocenters. The van der Waals surface area contributed by atoms with E-state index in [4.69, 9.17) is 0 Å². The van der Waals surface area contributed by atoms with Crippen LogP contribution >= 0.6 is 0 Å². The van der Waals surface area contributed by atoms with Crippen LogP contribution in [0.1, 0.15) is 0 Å². The molecule has 0 aliphatic heterocycles. The van der Waals surface area contributed by atoms with Gasteiger partial charge in [-0.2, -0.15) is 0 Å². The predicted molar refractivity (Wildman–Crippen MR) is 57.2 cm³/mol. The SMILES string of the molecule is O=[N+]([O-])c1c(O)c([N+](=O)[O-])c(O)c([N+](=O)[O-])c1O.[Pb]. The van der Waals surface area contributed by atoms with Crippen LogP contribution in [-0.2, 0) is 0 Å². The Morgan fingerprint density at radius 2 is 0.789 bits per heavy atom. The van der Waals surface area contributed by atoms with Gasteiger partial charge in [-0.15, -0.1) is 0 Å². The minimum atomic E-state index is -1.68. The van der Waals surface area contributed by atoms with E-state index in [-0.39, 0.29) is 27.3 Å². The Morgan fingerprint density at radius 1 is 0.632 bits per heavy atom. The zero-order valence-corrected chi connectivity index (χ0v) is 12.5. The number of rotatable bonds is 3. The molecule has 0 saturated heterocycles. The largest absolute Gasteiger partial charge is 0.497 e. The standard InChI is InChI=1S/C6H3N3O9.Pb/c10-4-1(7(13)14)5(11)3(9(17)18)6(12)2(4)8(15)16;/h10-12H;. The maximum atomic E-state index is 10.5. The number of phenols is 3.